The fraction of sp³-hybridized carbons (Fsp3) is 0. The van der Waals surface area contributed by atoms with Gasteiger partial charge in [0.05, 0.1) is 5.69 Å². The zero-order chi connectivity index (χ0) is 9.26. The largest absolute Gasteiger partial charge is 0.253 e. The second-order valence-corrected chi connectivity index (χ2v) is 5.40. The number of pyridine rings is 1. The summed E-state index contributed by atoms with van der Waals surface area (Å²) < 4.78 is 1.86. The Balaban J connectivity index is 2.41. The van der Waals surface area contributed by atoms with Crippen molar-refractivity contribution in [2.45, 2.75) is 0 Å². The molecule has 0 N–H and O–H groups in total. The summed E-state index contributed by atoms with van der Waals surface area (Å²) in [6, 6.07) is 3.89. The highest BCUT2D eigenvalue weighted by Gasteiger charge is 2.02. The average molecular weight is 320 g/mol. The van der Waals surface area contributed by atoms with Crippen LogP contribution < -0.4 is 0 Å². The molecule has 2 aromatic rings. The van der Waals surface area contributed by atoms with Crippen LogP contribution in [0, 0.1) is 0 Å². The zero-order valence-corrected chi connectivity index (χ0v) is 10.4. The summed E-state index contributed by atoms with van der Waals surface area (Å²) in [4.78, 5) is 8.51. The summed E-state index contributed by atoms with van der Waals surface area (Å²) in [7, 11) is 0. The number of hydrogen-bond acceptors (Lipinski definition) is 3. The van der Waals surface area contributed by atoms with Gasteiger partial charge < -0.3 is 0 Å². The predicted octanol–water partition coefficient (Wildman–Crippen LogP) is 3.73. The van der Waals surface area contributed by atoms with Gasteiger partial charge in [-0.1, -0.05) is 0 Å². The van der Waals surface area contributed by atoms with Crippen LogP contribution in [0.15, 0.2) is 32.1 Å². The van der Waals surface area contributed by atoms with Gasteiger partial charge in [0.15, 0.2) is 3.92 Å². The minimum Gasteiger partial charge on any atom is -0.253 e. The van der Waals surface area contributed by atoms with Gasteiger partial charge in [0.2, 0.25) is 0 Å². The molecule has 0 fully saturated rings. The Morgan fingerprint density at radius 1 is 1.15 bits per heavy atom. The first kappa shape index (κ1) is 9.30. The van der Waals surface area contributed by atoms with E-state index in [9.17, 15) is 0 Å². The predicted molar refractivity (Wildman–Crippen MR) is 60.7 cm³/mol. The minimum absolute atomic E-state index is 0.882. The number of halogens is 2. The molecule has 0 saturated heterocycles. The monoisotopic (exact) mass is 318 g/mol. The number of aromatic nitrogens is 2. The van der Waals surface area contributed by atoms with Crippen molar-refractivity contribution in [2.24, 2.45) is 0 Å². The SMILES string of the molecule is Brc1ccc(-c2csc(Br)n2)nc1. The molecule has 0 spiro atoms. The van der Waals surface area contributed by atoms with Gasteiger partial charge in [-0.3, -0.25) is 4.98 Å². The first-order chi connectivity index (χ1) is 6.25. The molecule has 2 heterocycles. The van der Waals surface area contributed by atoms with Gasteiger partial charge in [0, 0.05) is 16.0 Å². The van der Waals surface area contributed by atoms with E-state index in [2.05, 4.69) is 41.8 Å². The Labute approximate surface area is 96.3 Å². The number of thiazole rings is 1. The molecular formula is C8H4Br2N2S. The summed E-state index contributed by atoms with van der Waals surface area (Å²) in [6.07, 6.45) is 1.77. The molecule has 0 aliphatic heterocycles. The van der Waals surface area contributed by atoms with E-state index < -0.39 is 0 Å². The fourth-order valence-corrected chi connectivity index (χ4v) is 2.14. The molecule has 13 heavy (non-hydrogen) atoms. The summed E-state index contributed by atoms with van der Waals surface area (Å²) in [5.74, 6) is 0. The topological polar surface area (TPSA) is 25.8 Å². The molecule has 0 atom stereocenters. The molecule has 0 radical (unpaired) electrons. The van der Waals surface area contributed by atoms with Crippen LogP contribution in [0.4, 0.5) is 0 Å². The molecule has 0 saturated carbocycles. The molecule has 2 nitrogen and oxygen atoms in total. The maximum atomic E-state index is 4.27. The van der Waals surface area contributed by atoms with Crippen LogP contribution in [-0.2, 0) is 0 Å². The lowest BCUT2D eigenvalue weighted by atomic mass is 10.3. The smallest absolute Gasteiger partial charge is 0.159 e. The van der Waals surface area contributed by atoms with E-state index in [0.717, 1.165) is 19.8 Å². The van der Waals surface area contributed by atoms with Gasteiger partial charge >= 0.3 is 0 Å². The van der Waals surface area contributed by atoms with Crippen molar-refractivity contribution < 1.29 is 0 Å². The normalized spacial score (nSPS) is 10.3. The maximum Gasteiger partial charge on any atom is 0.159 e. The maximum absolute atomic E-state index is 4.27. The number of hydrogen-bond donors (Lipinski definition) is 0. The molecule has 0 unspecified atom stereocenters. The van der Waals surface area contributed by atoms with E-state index in [4.69, 9.17) is 0 Å². The summed E-state index contributed by atoms with van der Waals surface area (Å²) in [6.45, 7) is 0. The van der Waals surface area contributed by atoms with Crippen LogP contribution in [0.25, 0.3) is 11.4 Å². The standard InChI is InChI=1S/C8H4Br2N2S/c9-5-1-2-6(11-3-5)7-4-13-8(10)12-7/h1-4H. The van der Waals surface area contributed by atoms with Crippen molar-refractivity contribution in [2.75, 3.05) is 0 Å². The first-order valence-electron chi connectivity index (χ1n) is 3.48. The Morgan fingerprint density at radius 3 is 2.54 bits per heavy atom. The van der Waals surface area contributed by atoms with Crippen LogP contribution >= 0.6 is 43.2 Å². The van der Waals surface area contributed by atoms with Crippen LogP contribution in [0.5, 0.6) is 0 Å². The molecule has 5 heteroatoms. The van der Waals surface area contributed by atoms with Gasteiger partial charge in [-0.15, -0.1) is 11.3 Å². The quantitative estimate of drug-likeness (QED) is 0.800. The highest BCUT2D eigenvalue weighted by atomic mass is 79.9. The van der Waals surface area contributed by atoms with Crippen molar-refractivity contribution in [1.29, 1.82) is 0 Å². The van der Waals surface area contributed by atoms with Crippen molar-refractivity contribution in [1.82, 2.24) is 9.97 Å². The lowest BCUT2D eigenvalue weighted by Crippen LogP contribution is -1.81. The molecule has 0 amide bonds. The highest BCUT2D eigenvalue weighted by Crippen LogP contribution is 2.23. The van der Waals surface area contributed by atoms with Gasteiger partial charge in [0.25, 0.3) is 0 Å². The Bertz CT molecular complexity index is 410. The van der Waals surface area contributed by atoms with E-state index >= 15 is 0 Å². The molecule has 66 valence electrons. The van der Waals surface area contributed by atoms with Gasteiger partial charge in [-0.25, -0.2) is 4.98 Å². The summed E-state index contributed by atoms with van der Waals surface area (Å²) in [5.41, 5.74) is 1.80. The van der Waals surface area contributed by atoms with Crippen molar-refractivity contribution in [3.63, 3.8) is 0 Å². The molecule has 0 aliphatic carbocycles. The van der Waals surface area contributed by atoms with Crippen LogP contribution in [0.1, 0.15) is 0 Å². The second-order valence-electron chi connectivity index (χ2n) is 2.35. The number of nitrogens with zero attached hydrogens (tertiary/aromatic N) is 2. The highest BCUT2D eigenvalue weighted by molar-refractivity contribution is 9.11. The third-order valence-electron chi connectivity index (χ3n) is 1.47. The van der Waals surface area contributed by atoms with Gasteiger partial charge in [-0.2, -0.15) is 0 Å². The third-order valence-corrected chi connectivity index (χ3v) is 3.30. The van der Waals surface area contributed by atoms with Crippen LogP contribution in [0.2, 0.25) is 0 Å². The lowest BCUT2D eigenvalue weighted by Gasteiger charge is -1.94. The molecule has 0 aromatic carbocycles. The lowest BCUT2D eigenvalue weighted by molar-refractivity contribution is 1.26. The van der Waals surface area contributed by atoms with E-state index in [0.29, 0.717) is 0 Å². The van der Waals surface area contributed by atoms with Crippen LogP contribution in [-0.4, -0.2) is 9.97 Å². The van der Waals surface area contributed by atoms with Gasteiger partial charge in [-0.05, 0) is 44.0 Å². The third kappa shape index (κ3) is 2.15. The summed E-state index contributed by atoms with van der Waals surface area (Å²) in [5, 5.41) is 1.97. The van der Waals surface area contributed by atoms with E-state index in [-0.39, 0.29) is 0 Å². The second kappa shape index (κ2) is 3.86. The molecule has 0 bridgehead atoms. The fourth-order valence-electron chi connectivity index (χ4n) is 0.897. The van der Waals surface area contributed by atoms with E-state index in [1.165, 1.54) is 0 Å². The molecular weight excluding hydrogens is 316 g/mol. The zero-order valence-electron chi connectivity index (χ0n) is 6.37. The molecule has 0 aliphatic rings. The Kier molecular flexibility index (Phi) is 2.76. The Hall–Kier alpha value is -0.260. The van der Waals surface area contributed by atoms with Crippen molar-refractivity contribution >= 4 is 43.2 Å². The molecule has 2 aromatic heterocycles. The average Bonchev–Trinajstić information content (AvgIpc) is 2.53. The first-order valence-corrected chi connectivity index (χ1v) is 5.95. The van der Waals surface area contributed by atoms with Crippen molar-refractivity contribution in [3.05, 3.63) is 32.1 Å². The van der Waals surface area contributed by atoms with E-state index in [1.54, 1.807) is 17.5 Å². The molecule has 2 rings (SSSR count). The minimum atomic E-state index is 0.882. The number of rotatable bonds is 1. The van der Waals surface area contributed by atoms with Gasteiger partial charge in [0.1, 0.15) is 5.69 Å². The van der Waals surface area contributed by atoms with Crippen LogP contribution in [0.3, 0.4) is 0 Å². The van der Waals surface area contributed by atoms with Crippen molar-refractivity contribution in [3.8, 4) is 11.4 Å². The Morgan fingerprint density at radius 2 is 2.00 bits per heavy atom. The summed E-state index contributed by atoms with van der Waals surface area (Å²) >= 11 is 8.21. The van der Waals surface area contributed by atoms with E-state index in [1.807, 2.05) is 17.5 Å².